The number of aromatic hydroxyl groups is 1. The normalized spacial score (nSPS) is 13.4. The van der Waals surface area contributed by atoms with Gasteiger partial charge in [0.25, 0.3) is 5.91 Å². The molecule has 1 aliphatic heterocycles. The van der Waals surface area contributed by atoms with Gasteiger partial charge in [-0.3, -0.25) is 4.79 Å². The Morgan fingerprint density at radius 3 is 2.60 bits per heavy atom. The van der Waals surface area contributed by atoms with E-state index in [1.54, 1.807) is 6.07 Å². The summed E-state index contributed by atoms with van der Waals surface area (Å²) in [5.74, 6) is -2.13. The fraction of sp³-hybridized carbons (Fsp3) is 0.133. The lowest BCUT2D eigenvalue weighted by atomic mass is 10.1. The van der Waals surface area contributed by atoms with Gasteiger partial charge in [-0.2, -0.15) is 0 Å². The second-order valence-corrected chi connectivity index (χ2v) is 4.71. The van der Waals surface area contributed by atoms with Crippen LogP contribution in [0.25, 0.3) is 0 Å². The highest BCUT2D eigenvalue weighted by atomic mass is 19.1. The predicted molar refractivity (Wildman–Crippen MR) is 68.0 cm³/mol. The molecule has 0 atom stereocenters. The maximum Gasteiger partial charge on any atom is 0.261 e. The number of phenolic OH excluding ortho intramolecular Hbond substituents is 1. The zero-order valence-corrected chi connectivity index (χ0v) is 10.4. The van der Waals surface area contributed by atoms with E-state index in [1.807, 2.05) is 0 Å². The molecule has 2 aromatic carbocycles. The summed E-state index contributed by atoms with van der Waals surface area (Å²) in [5, 5.41) is 9.64. The van der Waals surface area contributed by atoms with Gasteiger partial charge in [-0.1, -0.05) is 12.1 Å². The molecule has 0 spiro atoms. The number of carbonyl (C=O) groups is 1. The summed E-state index contributed by atoms with van der Waals surface area (Å²) < 4.78 is 26.8. The number of amides is 1. The van der Waals surface area contributed by atoms with Crippen LogP contribution in [0, 0.1) is 11.6 Å². The maximum absolute atomic E-state index is 13.7. The number of hydrogen-bond acceptors (Lipinski definition) is 2. The van der Waals surface area contributed by atoms with Crippen LogP contribution in [-0.4, -0.2) is 15.9 Å². The molecule has 1 amide bonds. The monoisotopic (exact) mass is 275 g/mol. The zero-order valence-electron chi connectivity index (χ0n) is 10.4. The van der Waals surface area contributed by atoms with Gasteiger partial charge in [0.15, 0.2) is 0 Å². The van der Waals surface area contributed by atoms with Gasteiger partial charge in [0.2, 0.25) is 0 Å². The van der Waals surface area contributed by atoms with Gasteiger partial charge in [0.05, 0.1) is 0 Å². The van der Waals surface area contributed by atoms with Crippen molar-refractivity contribution in [2.75, 3.05) is 0 Å². The molecular formula is C15H11F2NO2. The molecule has 3 rings (SSSR count). The van der Waals surface area contributed by atoms with Crippen molar-refractivity contribution in [3.8, 4) is 5.75 Å². The third-order valence-electron chi connectivity index (χ3n) is 3.38. The molecule has 1 N–H and O–H groups in total. The molecule has 0 unspecified atom stereocenters. The number of nitrogens with zero attached hydrogens (tertiary/aromatic N) is 1. The van der Waals surface area contributed by atoms with Crippen molar-refractivity contribution < 1.29 is 18.7 Å². The minimum atomic E-state index is -0.767. The van der Waals surface area contributed by atoms with Crippen LogP contribution < -0.4 is 0 Å². The summed E-state index contributed by atoms with van der Waals surface area (Å²) in [5.41, 5.74) is 1.19. The van der Waals surface area contributed by atoms with Crippen molar-refractivity contribution >= 4 is 5.91 Å². The maximum atomic E-state index is 13.7. The lowest BCUT2D eigenvalue weighted by molar-refractivity contribution is 0.0743. The van der Waals surface area contributed by atoms with Crippen molar-refractivity contribution in [3.05, 3.63) is 64.7 Å². The third-order valence-corrected chi connectivity index (χ3v) is 3.38. The average molecular weight is 275 g/mol. The number of carbonyl (C=O) groups excluding carboxylic acids is 1. The summed E-state index contributed by atoms with van der Waals surface area (Å²) >= 11 is 0. The lowest BCUT2D eigenvalue weighted by Gasteiger charge is -2.16. The van der Waals surface area contributed by atoms with Gasteiger partial charge in [0, 0.05) is 13.1 Å². The van der Waals surface area contributed by atoms with Crippen molar-refractivity contribution in [1.82, 2.24) is 4.90 Å². The first-order valence-corrected chi connectivity index (χ1v) is 6.10. The first kappa shape index (κ1) is 12.6. The molecule has 1 aliphatic rings. The van der Waals surface area contributed by atoms with E-state index in [1.165, 1.54) is 29.2 Å². The standard InChI is InChI=1S/C15H11F2NO2/c16-11-5-4-9-7-18(8-10(9)6-11)15(20)14-12(17)2-1-3-13(14)19/h1-6,19H,7-8H2. The van der Waals surface area contributed by atoms with E-state index in [2.05, 4.69) is 0 Å². The molecule has 3 nitrogen and oxygen atoms in total. The van der Waals surface area contributed by atoms with Gasteiger partial charge in [-0.25, -0.2) is 8.78 Å². The smallest absolute Gasteiger partial charge is 0.261 e. The zero-order chi connectivity index (χ0) is 14.3. The highest BCUT2D eigenvalue weighted by Gasteiger charge is 2.28. The fourth-order valence-corrected chi connectivity index (χ4v) is 2.39. The third kappa shape index (κ3) is 2.01. The van der Waals surface area contributed by atoms with Crippen LogP contribution in [0.1, 0.15) is 21.5 Å². The Labute approximate surface area is 114 Å². The second kappa shape index (κ2) is 4.59. The molecule has 0 saturated heterocycles. The Bertz CT molecular complexity index is 680. The molecule has 0 saturated carbocycles. The number of rotatable bonds is 1. The lowest BCUT2D eigenvalue weighted by Crippen LogP contribution is -2.26. The average Bonchev–Trinajstić information content (AvgIpc) is 2.81. The molecule has 2 aromatic rings. The van der Waals surface area contributed by atoms with E-state index in [0.717, 1.165) is 11.6 Å². The van der Waals surface area contributed by atoms with Crippen molar-refractivity contribution in [3.63, 3.8) is 0 Å². The van der Waals surface area contributed by atoms with Crippen LogP contribution in [0.2, 0.25) is 0 Å². The van der Waals surface area contributed by atoms with Gasteiger partial charge in [0.1, 0.15) is 22.9 Å². The molecule has 5 heteroatoms. The molecule has 0 fully saturated rings. The van der Waals surface area contributed by atoms with Crippen molar-refractivity contribution in [2.45, 2.75) is 13.1 Å². The quantitative estimate of drug-likeness (QED) is 0.869. The first-order chi connectivity index (χ1) is 9.56. The van der Waals surface area contributed by atoms with Crippen LogP contribution in [0.5, 0.6) is 5.75 Å². The van der Waals surface area contributed by atoms with Gasteiger partial charge in [-0.15, -0.1) is 0 Å². The van der Waals surface area contributed by atoms with Gasteiger partial charge < -0.3 is 10.0 Å². The summed E-state index contributed by atoms with van der Waals surface area (Å²) in [6.45, 7) is 0.488. The minimum absolute atomic E-state index is 0.208. The van der Waals surface area contributed by atoms with E-state index in [-0.39, 0.29) is 24.5 Å². The number of fused-ring (bicyclic) bond motifs is 1. The number of benzene rings is 2. The van der Waals surface area contributed by atoms with Gasteiger partial charge in [-0.05, 0) is 35.4 Å². The highest BCUT2D eigenvalue weighted by molar-refractivity contribution is 5.97. The van der Waals surface area contributed by atoms with Crippen LogP contribution in [0.15, 0.2) is 36.4 Å². The van der Waals surface area contributed by atoms with Crippen molar-refractivity contribution in [1.29, 1.82) is 0 Å². The molecule has 1 heterocycles. The molecule has 0 bridgehead atoms. The van der Waals surface area contributed by atoms with Gasteiger partial charge >= 0.3 is 0 Å². The van der Waals surface area contributed by atoms with E-state index in [4.69, 9.17) is 0 Å². The van der Waals surface area contributed by atoms with Crippen LogP contribution in [0.4, 0.5) is 8.78 Å². The summed E-state index contributed by atoms with van der Waals surface area (Å²) in [6, 6.07) is 8.01. The second-order valence-electron chi connectivity index (χ2n) is 4.71. The summed E-state index contributed by atoms with van der Waals surface area (Å²) in [6.07, 6.45) is 0. The molecule has 0 radical (unpaired) electrons. The van der Waals surface area contributed by atoms with E-state index >= 15 is 0 Å². The van der Waals surface area contributed by atoms with Crippen LogP contribution in [0.3, 0.4) is 0 Å². The highest BCUT2D eigenvalue weighted by Crippen LogP contribution is 2.28. The molecule has 20 heavy (non-hydrogen) atoms. The fourth-order valence-electron chi connectivity index (χ4n) is 2.39. The number of phenols is 1. The Morgan fingerprint density at radius 1 is 1.10 bits per heavy atom. The molecule has 0 aliphatic carbocycles. The minimum Gasteiger partial charge on any atom is -0.507 e. The summed E-state index contributed by atoms with van der Waals surface area (Å²) in [7, 11) is 0. The Morgan fingerprint density at radius 2 is 1.85 bits per heavy atom. The molecular weight excluding hydrogens is 264 g/mol. The van der Waals surface area contributed by atoms with Crippen LogP contribution >= 0.6 is 0 Å². The molecule has 102 valence electrons. The SMILES string of the molecule is O=C(c1c(O)cccc1F)N1Cc2ccc(F)cc2C1. The van der Waals surface area contributed by atoms with Crippen LogP contribution in [-0.2, 0) is 13.1 Å². The molecule has 0 aromatic heterocycles. The Hall–Kier alpha value is -2.43. The largest absolute Gasteiger partial charge is 0.507 e. The first-order valence-electron chi connectivity index (χ1n) is 6.10. The van der Waals surface area contributed by atoms with E-state index in [9.17, 15) is 18.7 Å². The van der Waals surface area contributed by atoms with E-state index in [0.29, 0.717) is 5.56 Å². The summed E-state index contributed by atoms with van der Waals surface area (Å²) in [4.78, 5) is 13.7. The van der Waals surface area contributed by atoms with Crippen molar-refractivity contribution in [2.24, 2.45) is 0 Å². The number of halogens is 2. The topological polar surface area (TPSA) is 40.5 Å². The Kier molecular flexibility index (Phi) is 2.89. The van der Waals surface area contributed by atoms with E-state index < -0.39 is 17.5 Å². The predicted octanol–water partition coefficient (Wildman–Crippen LogP) is 2.83. The number of hydrogen-bond donors (Lipinski definition) is 1. The Balaban J connectivity index is 1.91.